The predicted molar refractivity (Wildman–Crippen MR) is 127 cm³/mol. The molecular formula is C26H24ClN2NaO6. The van der Waals surface area contributed by atoms with Crippen LogP contribution in [0.25, 0.3) is 0 Å². The number of amides is 1. The zero-order valence-corrected chi connectivity index (χ0v) is 22.8. The van der Waals surface area contributed by atoms with E-state index in [9.17, 15) is 14.7 Å². The number of pyridine rings is 1. The van der Waals surface area contributed by atoms with Crippen LogP contribution >= 0.6 is 11.6 Å². The Hall–Kier alpha value is -2.78. The molecule has 0 radical (unpaired) electrons. The number of nitrogens with zero attached hydrogens (tertiary/aromatic N) is 1. The first-order chi connectivity index (χ1) is 17.0. The smallest absolute Gasteiger partial charge is 0.549 e. The molecule has 1 N–H and O–H groups in total. The summed E-state index contributed by atoms with van der Waals surface area (Å²) in [4.78, 5) is 28.1. The molecule has 0 aliphatic carbocycles. The van der Waals surface area contributed by atoms with Gasteiger partial charge in [0.25, 0.3) is 5.91 Å². The monoisotopic (exact) mass is 518 g/mol. The first-order valence-electron chi connectivity index (χ1n) is 11.3. The van der Waals surface area contributed by atoms with Gasteiger partial charge in [-0.2, -0.15) is 0 Å². The van der Waals surface area contributed by atoms with Crippen LogP contribution in [0.2, 0.25) is 5.02 Å². The van der Waals surface area contributed by atoms with Crippen LogP contribution in [0.1, 0.15) is 40.7 Å². The topological polar surface area (TPSA) is 110 Å². The molecule has 10 heteroatoms. The molecule has 4 rings (SSSR count). The summed E-state index contributed by atoms with van der Waals surface area (Å²) in [5.41, 5.74) is 1.88. The van der Waals surface area contributed by atoms with Gasteiger partial charge in [0.05, 0.1) is 18.2 Å². The molecule has 0 saturated heterocycles. The second kappa shape index (κ2) is 13.0. The molecule has 0 fully saturated rings. The van der Waals surface area contributed by atoms with Crippen molar-refractivity contribution in [3.05, 3.63) is 76.4 Å². The Morgan fingerprint density at radius 1 is 1.22 bits per heavy atom. The first-order valence-corrected chi connectivity index (χ1v) is 11.6. The van der Waals surface area contributed by atoms with Crippen LogP contribution in [0.4, 0.5) is 0 Å². The van der Waals surface area contributed by atoms with Gasteiger partial charge >= 0.3 is 29.6 Å². The number of aliphatic carboxylic acids is 1. The molecule has 1 aromatic heterocycles. The fourth-order valence-corrected chi connectivity index (χ4v) is 4.02. The SMILES string of the molecule is CCOc1ncccc1CCNC(=O)c1ccc(Oc2cc3c(cc2Cl)C(C(=O)[O-])CCO3)cc1.[Na+]. The Morgan fingerprint density at radius 3 is 2.72 bits per heavy atom. The Kier molecular flexibility index (Phi) is 10.0. The maximum absolute atomic E-state index is 12.5. The number of aromatic nitrogens is 1. The molecule has 0 bridgehead atoms. The zero-order chi connectivity index (χ0) is 24.8. The molecule has 0 spiro atoms. The minimum atomic E-state index is -1.16. The van der Waals surface area contributed by atoms with Crippen molar-refractivity contribution in [1.29, 1.82) is 0 Å². The number of hydrogen-bond donors (Lipinski definition) is 1. The normalized spacial score (nSPS) is 14.0. The van der Waals surface area contributed by atoms with E-state index < -0.39 is 11.9 Å². The van der Waals surface area contributed by atoms with Gasteiger partial charge in [0.2, 0.25) is 5.88 Å². The van der Waals surface area contributed by atoms with E-state index in [-0.39, 0.29) is 47.1 Å². The van der Waals surface area contributed by atoms with Gasteiger partial charge in [-0.15, -0.1) is 0 Å². The Balaban J connectivity index is 0.00000361. The Labute approximate surface area is 236 Å². The van der Waals surface area contributed by atoms with Crippen molar-refractivity contribution in [2.75, 3.05) is 19.8 Å². The van der Waals surface area contributed by atoms with E-state index in [4.69, 9.17) is 25.8 Å². The fraction of sp³-hybridized carbons (Fsp3) is 0.269. The van der Waals surface area contributed by atoms with Crippen molar-refractivity contribution >= 4 is 23.5 Å². The predicted octanol–water partition coefficient (Wildman–Crippen LogP) is 0.518. The summed E-state index contributed by atoms with van der Waals surface area (Å²) in [6, 6.07) is 13.5. The van der Waals surface area contributed by atoms with Gasteiger partial charge < -0.3 is 29.4 Å². The van der Waals surface area contributed by atoms with Gasteiger partial charge in [-0.05, 0) is 56.2 Å². The van der Waals surface area contributed by atoms with Crippen molar-refractivity contribution in [2.45, 2.75) is 25.7 Å². The molecule has 2 heterocycles. The van der Waals surface area contributed by atoms with E-state index in [0.717, 1.165) is 5.56 Å². The van der Waals surface area contributed by atoms with Crippen molar-refractivity contribution < 1.29 is 58.5 Å². The van der Waals surface area contributed by atoms with Gasteiger partial charge in [0, 0.05) is 47.4 Å². The third kappa shape index (κ3) is 6.70. The molecular weight excluding hydrogens is 495 g/mol. The quantitative estimate of drug-likeness (QED) is 0.411. The van der Waals surface area contributed by atoms with Crippen molar-refractivity contribution in [1.82, 2.24) is 10.3 Å². The molecule has 2 aromatic carbocycles. The fourth-order valence-electron chi connectivity index (χ4n) is 3.81. The third-order valence-corrected chi connectivity index (χ3v) is 5.84. The third-order valence-electron chi connectivity index (χ3n) is 5.54. The molecule has 1 atom stereocenters. The average molecular weight is 519 g/mol. The van der Waals surface area contributed by atoms with Crippen LogP contribution in [-0.4, -0.2) is 36.6 Å². The number of hydrogen-bond acceptors (Lipinski definition) is 7. The maximum Gasteiger partial charge on any atom is 1.00 e. The minimum Gasteiger partial charge on any atom is -0.549 e. The molecule has 36 heavy (non-hydrogen) atoms. The summed E-state index contributed by atoms with van der Waals surface area (Å²) in [7, 11) is 0. The summed E-state index contributed by atoms with van der Waals surface area (Å²) in [6.45, 7) is 3.12. The van der Waals surface area contributed by atoms with Crippen LogP contribution < -0.4 is 54.2 Å². The minimum absolute atomic E-state index is 0. The van der Waals surface area contributed by atoms with E-state index in [0.29, 0.717) is 60.2 Å². The van der Waals surface area contributed by atoms with Crippen molar-refractivity contribution in [3.8, 4) is 23.1 Å². The van der Waals surface area contributed by atoms with Gasteiger partial charge in [-0.3, -0.25) is 4.79 Å². The van der Waals surface area contributed by atoms with Crippen molar-refractivity contribution in [2.24, 2.45) is 0 Å². The molecule has 8 nitrogen and oxygen atoms in total. The van der Waals surface area contributed by atoms with Gasteiger partial charge in [-0.25, -0.2) is 4.98 Å². The number of rotatable bonds is 9. The van der Waals surface area contributed by atoms with Crippen LogP contribution in [-0.2, 0) is 11.2 Å². The zero-order valence-electron chi connectivity index (χ0n) is 20.1. The number of carbonyl (C=O) groups is 2. The largest absolute Gasteiger partial charge is 1.00 e. The average Bonchev–Trinajstić information content (AvgIpc) is 2.85. The number of carboxylic acids is 1. The number of nitrogens with one attached hydrogen (secondary N) is 1. The number of fused-ring (bicyclic) bond motifs is 1. The number of carboxylic acid groups (broad SMARTS) is 1. The molecule has 0 saturated carbocycles. The number of ether oxygens (including phenoxy) is 3. The molecule has 1 amide bonds. The molecule has 3 aromatic rings. The molecule has 1 aliphatic heterocycles. The van der Waals surface area contributed by atoms with E-state index in [1.165, 1.54) is 6.07 Å². The van der Waals surface area contributed by atoms with Crippen LogP contribution in [0, 0.1) is 0 Å². The Morgan fingerprint density at radius 2 is 2.00 bits per heavy atom. The Bertz CT molecular complexity index is 1220. The number of carbonyl (C=O) groups excluding carboxylic acids is 2. The number of benzene rings is 2. The van der Waals surface area contributed by atoms with E-state index in [1.54, 1.807) is 36.5 Å². The van der Waals surface area contributed by atoms with Crippen LogP contribution in [0.15, 0.2) is 54.7 Å². The number of halogens is 1. The first kappa shape index (κ1) is 27.8. The second-order valence-electron chi connectivity index (χ2n) is 7.86. The summed E-state index contributed by atoms with van der Waals surface area (Å²) < 4.78 is 16.9. The van der Waals surface area contributed by atoms with Gasteiger partial charge in [0.1, 0.15) is 17.2 Å². The van der Waals surface area contributed by atoms with E-state index in [1.807, 2.05) is 19.1 Å². The maximum atomic E-state index is 12.5. The van der Waals surface area contributed by atoms with Crippen LogP contribution in [0.5, 0.6) is 23.1 Å². The van der Waals surface area contributed by atoms with Crippen LogP contribution in [0.3, 0.4) is 0 Å². The summed E-state index contributed by atoms with van der Waals surface area (Å²) in [5, 5.41) is 14.5. The molecule has 182 valence electrons. The molecule has 1 unspecified atom stereocenters. The van der Waals surface area contributed by atoms with Gasteiger partial charge in [-0.1, -0.05) is 17.7 Å². The molecule has 1 aliphatic rings. The van der Waals surface area contributed by atoms with E-state index in [2.05, 4.69) is 10.3 Å². The summed E-state index contributed by atoms with van der Waals surface area (Å²) >= 11 is 6.33. The summed E-state index contributed by atoms with van der Waals surface area (Å²) in [6.07, 6.45) is 2.59. The summed E-state index contributed by atoms with van der Waals surface area (Å²) in [5.74, 6) is -0.382. The standard InChI is InChI=1S/C26H25ClN2O6.Na/c1-2-33-25-17(4-3-11-29-25)9-12-28-24(30)16-5-7-18(8-6-16)35-23-15-22-20(14-21(23)27)19(26(31)32)10-13-34-22;/h3-8,11,14-15,19H,2,9-10,12-13H2,1H3,(H,28,30)(H,31,32);/q;+1/p-1. The van der Waals surface area contributed by atoms with Crippen molar-refractivity contribution in [3.63, 3.8) is 0 Å². The van der Waals surface area contributed by atoms with E-state index >= 15 is 0 Å². The van der Waals surface area contributed by atoms with Gasteiger partial charge in [0.15, 0.2) is 0 Å². The second-order valence-corrected chi connectivity index (χ2v) is 8.27.